The molecule has 0 aliphatic rings. The Morgan fingerprint density at radius 2 is 1.57 bits per heavy atom. The lowest BCUT2D eigenvalue weighted by Crippen LogP contribution is -2.32. The minimum atomic E-state index is -0.754. The van der Waals surface area contributed by atoms with Crippen molar-refractivity contribution in [3.8, 4) is 17.2 Å². The number of carbonyl (C=O) groups is 3. The van der Waals surface area contributed by atoms with Gasteiger partial charge in [0, 0.05) is 11.3 Å². The summed E-state index contributed by atoms with van der Waals surface area (Å²) in [5.41, 5.74) is 1.72. The van der Waals surface area contributed by atoms with Crippen LogP contribution in [0.1, 0.15) is 15.9 Å². The monoisotopic (exact) mass is 416 g/mol. The Kier molecular flexibility index (Phi) is 8.04. The van der Waals surface area contributed by atoms with Gasteiger partial charge >= 0.3 is 5.97 Å². The Bertz CT molecular complexity index is 902. The highest BCUT2D eigenvalue weighted by Gasteiger charge is 2.18. The first kappa shape index (κ1) is 22.5. The molecule has 0 atom stereocenters. The quantitative estimate of drug-likeness (QED) is 0.601. The number of methoxy groups -OCH3 is 3. The van der Waals surface area contributed by atoms with Crippen molar-refractivity contribution in [3.63, 3.8) is 0 Å². The molecule has 9 nitrogen and oxygen atoms in total. The average molecular weight is 416 g/mol. The molecule has 0 bridgehead atoms. The van der Waals surface area contributed by atoms with E-state index < -0.39 is 30.9 Å². The summed E-state index contributed by atoms with van der Waals surface area (Å²) in [6, 6.07) is 10.1. The van der Waals surface area contributed by atoms with Crippen LogP contribution in [0.15, 0.2) is 36.4 Å². The number of aryl methyl sites for hydroxylation is 1. The molecule has 2 amide bonds. The van der Waals surface area contributed by atoms with Gasteiger partial charge in [0.15, 0.2) is 18.1 Å². The molecule has 0 saturated heterocycles. The summed E-state index contributed by atoms with van der Waals surface area (Å²) in [7, 11) is 4.31. The van der Waals surface area contributed by atoms with E-state index in [2.05, 4.69) is 10.6 Å². The van der Waals surface area contributed by atoms with Crippen molar-refractivity contribution in [2.45, 2.75) is 6.92 Å². The molecule has 0 saturated carbocycles. The predicted molar refractivity (Wildman–Crippen MR) is 109 cm³/mol. The highest BCUT2D eigenvalue weighted by molar-refractivity contribution is 5.97. The molecule has 0 aliphatic carbocycles. The average Bonchev–Trinajstić information content (AvgIpc) is 2.76. The number of amides is 2. The van der Waals surface area contributed by atoms with Crippen LogP contribution in [-0.2, 0) is 14.3 Å². The lowest BCUT2D eigenvalue weighted by atomic mass is 10.1. The fourth-order valence-electron chi connectivity index (χ4n) is 2.56. The van der Waals surface area contributed by atoms with Crippen LogP contribution in [0.4, 0.5) is 5.69 Å². The molecule has 0 unspecified atom stereocenters. The number of para-hydroxylation sites is 1. The maximum Gasteiger partial charge on any atom is 0.325 e. The maximum absolute atomic E-state index is 12.4. The fourth-order valence-corrected chi connectivity index (χ4v) is 2.56. The third-order valence-electron chi connectivity index (χ3n) is 4.10. The molecule has 9 heteroatoms. The topological polar surface area (TPSA) is 112 Å². The molecular formula is C21H24N2O7. The second kappa shape index (κ2) is 10.7. The summed E-state index contributed by atoms with van der Waals surface area (Å²) in [5, 5.41) is 5.07. The van der Waals surface area contributed by atoms with Crippen LogP contribution in [0.3, 0.4) is 0 Å². The number of carbonyl (C=O) groups excluding carboxylic acids is 3. The summed E-state index contributed by atoms with van der Waals surface area (Å²) < 4.78 is 20.5. The van der Waals surface area contributed by atoms with Crippen molar-refractivity contribution in [1.82, 2.24) is 5.32 Å². The third kappa shape index (κ3) is 5.87. The highest BCUT2D eigenvalue weighted by atomic mass is 16.5. The maximum atomic E-state index is 12.4. The van der Waals surface area contributed by atoms with E-state index in [0.29, 0.717) is 22.9 Å². The molecular weight excluding hydrogens is 392 g/mol. The summed E-state index contributed by atoms with van der Waals surface area (Å²) in [6.45, 7) is 0.973. The van der Waals surface area contributed by atoms with Gasteiger partial charge < -0.3 is 29.6 Å². The van der Waals surface area contributed by atoms with Gasteiger partial charge in [-0.25, -0.2) is 0 Å². The van der Waals surface area contributed by atoms with E-state index in [1.165, 1.54) is 33.5 Å². The number of esters is 1. The predicted octanol–water partition coefficient (Wildman–Crippen LogP) is 1.93. The van der Waals surface area contributed by atoms with Crippen LogP contribution in [0.2, 0.25) is 0 Å². The Balaban J connectivity index is 1.88. The van der Waals surface area contributed by atoms with Gasteiger partial charge in [0.25, 0.3) is 11.8 Å². The fraction of sp³-hybridized carbons (Fsp3) is 0.286. The zero-order valence-electron chi connectivity index (χ0n) is 17.2. The van der Waals surface area contributed by atoms with Crippen molar-refractivity contribution in [1.29, 1.82) is 0 Å². The molecule has 2 N–H and O–H groups in total. The smallest absolute Gasteiger partial charge is 0.325 e. The zero-order chi connectivity index (χ0) is 22.1. The lowest BCUT2D eigenvalue weighted by molar-refractivity contribution is -0.146. The third-order valence-corrected chi connectivity index (χ3v) is 4.10. The van der Waals surface area contributed by atoms with Gasteiger partial charge in [-0.3, -0.25) is 14.4 Å². The van der Waals surface area contributed by atoms with Gasteiger partial charge in [-0.1, -0.05) is 18.2 Å². The number of anilines is 1. The molecule has 2 aromatic rings. The van der Waals surface area contributed by atoms with E-state index in [1.54, 1.807) is 12.1 Å². The van der Waals surface area contributed by atoms with Gasteiger partial charge in [-0.05, 0) is 30.7 Å². The van der Waals surface area contributed by atoms with Crippen molar-refractivity contribution in [3.05, 3.63) is 47.5 Å². The van der Waals surface area contributed by atoms with E-state index in [4.69, 9.17) is 18.9 Å². The van der Waals surface area contributed by atoms with Crippen LogP contribution >= 0.6 is 0 Å². The number of hydrogen-bond acceptors (Lipinski definition) is 7. The van der Waals surface area contributed by atoms with E-state index in [0.717, 1.165) is 5.56 Å². The Morgan fingerprint density at radius 1 is 0.933 bits per heavy atom. The van der Waals surface area contributed by atoms with Gasteiger partial charge in [0.05, 0.1) is 21.3 Å². The van der Waals surface area contributed by atoms with E-state index in [1.807, 2.05) is 19.1 Å². The van der Waals surface area contributed by atoms with Crippen LogP contribution in [0.5, 0.6) is 17.2 Å². The van der Waals surface area contributed by atoms with Gasteiger partial charge in [0.2, 0.25) is 5.75 Å². The Morgan fingerprint density at radius 3 is 2.13 bits per heavy atom. The first-order chi connectivity index (χ1) is 14.4. The number of benzene rings is 2. The molecule has 160 valence electrons. The van der Waals surface area contributed by atoms with Crippen molar-refractivity contribution >= 4 is 23.5 Å². The van der Waals surface area contributed by atoms with Crippen molar-refractivity contribution in [2.24, 2.45) is 0 Å². The van der Waals surface area contributed by atoms with Gasteiger partial charge in [0.1, 0.15) is 6.54 Å². The number of nitrogens with one attached hydrogen (secondary N) is 2. The Labute approximate surface area is 174 Å². The normalized spacial score (nSPS) is 10.0. The molecule has 0 spiro atoms. The molecule has 2 rings (SSSR count). The lowest BCUT2D eigenvalue weighted by Gasteiger charge is -2.14. The van der Waals surface area contributed by atoms with Crippen molar-refractivity contribution in [2.75, 3.05) is 39.8 Å². The van der Waals surface area contributed by atoms with Crippen LogP contribution in [0.25, 0.3) is 0 Å². The summed E-state index contributed by atoms with van der Waals surface area (Å²) in [5.74, 6) is -0.828. The van der Waals surface area contributed by atoms with Crippen LogP contribution < -0.4 is 24.8 Å². The summed E-state index contributed by atoms with van der Waals surface area (Å²) in [6.07, 6.45) is 0. The molecule has 0 radical (unpaired) electrons. The summed E-state index contributed by atoms with van der Waals surface area (Å²) in [4.78, 5) is 36.1. The second-order valence-electron chi connectivity index (χ2n) is 6.12. The van der Waals surface area contributed by atoms with Crippen LogP contribution in [0, 0.1) is 6.92 Å². The second-order valence-corrected chi connectivity index (χ2v) is 6.12. The van der Waals surface area contributed by atoms with Gasteiger partial charge in [-0.2, -0.15) is 0 Å². The highest BCUT2D eigenvalue weighted by Crippen LogP contribution is 2.38. The largest absolute Gasteiger partial charge is 0.493 e. The summed E-state index contributed by atoms with van der Waals surface area (Å²) >= 11 is 0. The van der Waals surface area contributed by atoms with E-state index >= 15 is 0 Å². The van der Waals surface area contributed by atoms with Crippen molar-refractivity contribution < 1.29 is 33.3 Å². The SMILES string of the molecule is COc1cc(C(=O)NCC(=O)OCC(=O)Nc2ccccc2C)cc(OC)c1OC. The number of hydrogen-bond donors (Lipinski definition) is 2. The first-order valence-electron chi connectivity index (χ1n) is 8.99. The molecule has 2 aromatic carbocycles. The Hall–Kier alpha value is -3.75. The number of rotatable bonds is 9. The van der Waals surface area contributed by atoms with E-state index in [9.17, 15) is 14.4 Å². The molecule has 30 heavy (non-hydrogen) atoms. The standard InChI is InChI=1S/C21H24N2O7/c1-13-7-5-6-8-15(13)23-18(24)12-30-19(25)11-22-21(26)14-9-16(27-2)20(29-4)17(10-14)28-3/h5-10H,11-12H2,1-4H3,(H,22,26)(H,23,24). The minimum absolute atomic E-state index is 0.203. The molecule has 0 aliphatic heterocycles. The molecule has 0 fully saturated rings. The van der Waals surface area contributed by atoms with Gasteiger partial charge in [-0.15, -0.1) is 0 Å². The first-order valence-corrected chi connectivity index (χ1v) is 8.99. The van der Waals surface area contributed by atoms with Crippen LogP contribution in [-0.4, -0.2) is 52.3 Å². The minimum Gasteiger partial charge on any atom is -0.493 e. The van der Waals surface area contributed by atoms with E-state index in [-0.39, 0.29) is 5.56 Å². The number of ether oxygens (including phenoxy) is 4. The zero-order valence-corrected chi connectivity index (χ0v) is 17.2. The molecule has 0 aromatic heterocycles. The molecule has 0 heterocycles.